The summed E-state index contributed by atoms with van der Waals surface area (Å²) in [7, 11) is 0. The monoisotopic (exact) mass is 394 g/mol. The summed E-state index contributed by atoms with van der Waals surface area (Å²) >= 11 is 7.09. The third kappa shape index (κ3) is 6.05. The molecule has 2 rings (SSSR count). The van der Waals surface area contributed by atoms with E-state index in [9.17, 15) is 19.7 Å². The van der Waals surface area contributed by atoms with Crippen molar-refractivity contribution in [2.45, 2.75) is 17.1 Å². The van der Waals surface area contributed by atoms with E-state index < -0.39 is 28.7 Å². The first-order chi connectivity index (χ1) is 12.3. The van der Waals surface area contributed by atoms with Crippen LogP contribution in [0.15, 0.2) is 53.4 Å². The number of ether oxygens (including phenoxy) is 1. The number of non-ortho nitro benzene ring substituents is 1. The lowest BCUT2D eigenvalue weighted by Crippen LogP contribution is -2.24. The van der Waals surface area contributed by atoms with Crippen molar-refractivity contribution in [2.75, 3.05) is 11.9 Å². The van der Waals surface area contributed by atoms with Gasteiger partial charge in [0, 0.05) is 27.7 Å². The molecule has 9 heteroatoms. The fourth-order valence-electron chi connectivity index (χ4n) is 1.91. The van der Waals surface area contributed by atoms with Crippen molar-refractivity contribution >= 4 is 46.6 Å². The fraction of sp³-hybridized carbons (Fsp3) is 0.176. The first-order valence-electron chi connectivity index (χ1n) is 7.48. The van der Waals surface area contributed by atoms with Crippen LogP contribution >= 0.6 is 23.4 Å². The Hall–Kier alpha value is -2.58. The summed E-state index contributed by atoms with van der Waals surface area (Å²) < 4.78 is 4.98. The number of rotatable bonds is 7. The third-order valence-electron chi connectivity index (χ3n) is 3.14. The zero-order chi connectivity index (χ0) is 19.1. The van der Waals surface area contributed by atoms with Gasteiger partial charge in [0.25, 0.3) is 11.6 Å². The predicted octanol–water partition coefficient (Wildman–Crippen LogP) is 3.91. The highest BCUT2D eigenvalue weighted by atomic mass is 35.5. The summed E-state index contributed by atoms with van der Waals surface area (Å²) in [6, 6.07) is 12.5. The highest BCUT2D eigenvalue weighted by molar-refractivity contribution is 8.00. The number of anilines is 1. The lowest BCUT2D eigenvalue weighted by atomic mass is 10.3. The Labute approximate surface area is 158 Å². The van der Waals surface area contributed by atoms with Gasteiger partial charge in [0.05, 0.1) is 4.92 Å². The predicted molar refractivity (Wildman–Crippen MR) is 99.5 cm³/mol. The van der Waals surface area contributed by atoms with E-state index in [1.807, 2.05) is 0 Å². The van der Waals surface area contributed by atoms with Crippen molar-refractivity contribution in [3.8, 4) is 0 Å². The number of carbonyl (C=O) groups is 2. The van der Waals surface area contributed by atoms with Gasteiger partial charge < -0.3 is 10.1 Å². The second-order valence-corrected chi connectivity index (χ2v) is 7.03. The van der Waals surface area contributed by atoms with E-state index >= 15 is 0 Å². The van der Waals surface area contributed by atoms with Crippen LogP contribution in [0.25, 0.3) is 0 Å². The molecule has 0 aliphatic carbocycles. The summed E-state index contributed by atoms with van der Waals surface area (Å²) in [5.41, 5.74) is 0.108. The molecule has 1 atom stereocenters. The summed E-state index contributed by atoms with van der Waals surface area (Å²) in [5.74, 6) is -1.12. The molecule has 7 nitrogen and oxygen atoms in total. The summed E-state index contributed by atoms with van der Waals surface area (Å²) in [4.78, 5) is 34.8. The molecule has 0 aromatic heterocycles. The Bertz CT molecular complexity index is 813. The number of halogens is 1. The van der Waals surface area contributed by atoms with Crippen molar-refractivity contribution in [2.24, 2.45) is 0 Å². The molecule has 0 heterocycles. The van der Waals surface area contributed by atoms with E-state index in [-0.39, 0.29) is 11.4 Å². The average molecular weight is 395 g/mol. The molecule has 0 saturated carbocycles. The molecular formula is C17H15ClN2O5S. The molecule has 2 aromatic rings. The number of carbonyl (C=O) groups excluding carboxylic acids is 2. The molecule has 0 aliphatic heterocycles. The first kappa shape index (κ1) is 19.7. The minimum atomic E-state index is -0.581. The molecule has 136 valence electrons. The fourth-order valence-corrected chi connectivity index (χ4v) is 2.91. The number of hydrogen-bond donors (Lipinski definition) is 1. The molecule has 1 N–H and O–H groups in total. The van der Waals surface area contributed by atoms with Crippen molar-refractivity contribution in [3.05, 3.63) is 63.7 Å². The number of nitro benzene ring substituents is 1. The topological polar surface area (TPSA) is 98.5 Å². The van der Waals surface area contributed by atoms with E-state index in [0.29, 0.717) is 5.02 Å². The van der Waals surface area contributed by atoms with Gasteiger partial charge in [0.1, 0.15) is 5.25 Å². The Kier molecular flexibility index (Phi) is 6.99. The number of amides is 1. The second kappa shape index (κ2) is 9.21. The Morgan fingerprint density at radius 1 is 1.27 bits per heavy atom. The number of esters is 1. The molecule has 2 aromatic carbocycles. The zero-order valence-electron chi connectivity index (χ0n) is 13.7. The number of nitrogens with one attached hydrogen (secondary N) is 1. The first-order valence-corrected chi connectivity index (χ1v) is 8.74. The van der Waals surface area contributed by atoms with Crippen LogP contribution < -0.4 is 5.32 Å². The van der Waals surface area contributed by atoms with Crippen molar-refractivity contribution in [3.63, 3.8) is 0 Å². The molecule has 0 saturated heterocycles. The van der Waals surface area contributed by atoms with Gasteiger partial charge in [-0.15, -0.1) is 11.8 Å². The van der Waals surface area contributed by atoms with Gasteiger partial charge in [-0.2, -0.15) is 0 Å². The Morgan fingerprint density at radius 3 is 2.62 bits per heavy atom. The quantitative estimate of drug-likeness (QED) is 0.331. The molecule has 0 radical (unpaired) electrons. The third-order valence-corrected chi connectivity index (χ3v) is 4.49. The number of benzene rings is 2. The number of hydrogen-bond acceptors (Lipinski definition) is 6. The van der Waals surface area contributed by atoms with Crippen LogP contribution in [0.3, 0.4) is 0 Å². The Morgan fingerprint density at radius 2 is 1.96 bits per heavy atom. The van der Waals surface area contributed by atoms with Crippen LogP contribution in [-0.2, 0) is 14.3 Å². The van der Waals surface area contributed by atoms with Crippen LogP contribution in [0.4, 0.5) is 11.4 Å². The lowest BCUT2D eigenvalue weighted by Gasteiger charge is -2.11. The maximum atomic E-state index is 12.0. The minimum absolute atomic E-state index is 0.146. The molecule has 0 aliphatic rings. The lowest BCUT2D eigenvalue weighted by molar-refractivity contribution is -0.384. The van der Waals surface area contributed by atoms with Crippen LogP contribution in [0, 0.1) is 10.1 Å². The zero-order valence-corrected chi connectivity index (χ0v) is 15.3. The Balaban J connectivity index is 1.82. The van der Waals surface area contributed by atoms with Gasteiger partial charge in [-0.1, -0.05) is 17.7 Å². The van der Waals surface area contributed by atoms with Crippen molar-refractivity contribution < 1.29 is 19.2 Å². The minimum Gasteiger partial charge on any atom is -0.455 e. The second-order valence-electron chi connectivity index (χ2n) is 5.18. The standard InChI is InChI=1S/C17H15ClN2O5S/c1-11(26-15-7-5-12(18)6-8-15)17(22)25-10-16(21)19-13-3-2-4-14(9-13)20(23)24/h2-9,11H,10H2,1H3,(H,19,21)/t11-/m1/s1. The smallest absolute Gasteiger partial charge is 0.319 e. The molecule has 0 spiro atoms. The average Bonchev–Trinajstić information content (AvgIpc) is 2.61. The molecule has 0 fully saturated rings. The van der Waals surface area contributed by atoms with Crippen LogP contribution in [0.1, 0.15) is 6.92 Å². The number of thioether (sulfide) groups is 1. The van der Waals surface area contributed by atoms with Gasteiger partial charge in [-0.25, -0.2) is 0 Å². The maximum absolute atomic E-state index is 12.0. The summed E-state index contributed by atoms with van der Waals surface area (Å²) in [5, 5.41) is 13.2. The summed E-state index contributed by atoms with van der Waals surface area (Å²) in [6.45, 7) is 1.19. The van der Waals surface area contributed by atoms with Crippen molar-refractivity contribution in [1.82, 2.24) is 0 Å². The number of nitro groups is 1. The van der Waals surface area contributed by atoms with E-state index in [2.05, 4.69) is 5.32 Å². The summed E-state index contributed by atoms with van der Waals surface area (Å²) in [6.07, 6.45) is 0. The van der Waals surface area contributed by atoms with E-state index in [4.69, 9.17) is 16.3 Å². The van der Waals surface area contributed by atoms with Crippen LogP contribution in [0.2, 0.25) is 5.02 Å². The highest BCUT2D eigenvalue weighted by Gasteiger charge is 2.17. The van der Waals surface area contributed by atoms with E-state index in [0.717, 1.165) is 4.90 Å². The number of nitrogens with zero attached hydrogens (tertiary/aromatic N) is 1. The maximum Gasteiger partial charge on any atom is 0.319 e. The molecule has 0 bridgehead atoms. The molecule has 26 heavy (non-hydrogen) atoms. The van der Waals surface area contributed by atoms with Gasteiger partial charge in [0.15, 0.2) is 6.61 Å². The molecular weight excluding hydrogens is 380 g/mol. The van der Waals surface area contributed by atoms with Crippen molar-refractivity contribution in [1.29, 1.82) is 0 Å². The van der Waals surface area contributed by atoms with Crippen LogP contribution in [-0.4, -0.2) is 28.7 Å². The van der Waals surface area contributed by atoms with E-state index in [1.54, 1.807) is 31.2 Å². The van der Waals surface area contributed by atoms with Gasteiger partial charge >= 0.3 is 5.97 Å². The van der Waals surface area contributed by atoms with Gasteiger partial charge in [0.2, 0.25) is 0 Å². The molecule has 0 unspecified atom stereocenters. The van der Waals surface area contributed by atoms with E-state index in [1.165, 1.54) is 36.0 Å². The molecule has 1 amide bonds. The van der Waals surface area contributed by atoms with Gasteiger partial charge in [-0.3, -0.25) is 19.7 Å². The normalized spacial score (nSPS) is 11.5. The SMILES string of the molecule is C[C@@H](Sc1ccc(Cl)cc1)C(=O)OCC(=O)Nc1cccc([N+](=O)[O-])c1. The largest absolute Gasteiger partial charge is 0.455 e. The van der Waals surface area contributed by atoms with Crippen LogP contribution in [0.5, 0.6) is 0 Å². The van der Waals surface area contributed by atoms with Gasteiger partial charge in [-0.05, 0) is 37.3 Å². The highest BCUT2D eigenvalue weighted by Crippen LogP contribution is 2.25.